The van der Waals surface area contributed by atoms with E-state index in [0.717, 1.165) is 0 Å². The van der Waals surface area contributed by atoms with E-state index in [0.29, 0.717) is 44.4 Å². The lowest BCUT2D eigenvalue weighted by atomic mass is 10.0. The number of benzene rings is 1. The molecule has 2 amide bonds. The summed E-state index contributed by atoms with van der Waals surface area (Å²) in [5.41, 5.74) is -0.134. The summed E-state index contributed by atoms with van der Waals surface area (Å²) in [6.07, 6.45) is -0.899. The standard InChI is InChI=1S/C25H32FN5O6/c1-5-30-14-25(3,4)37-21-19(22(30)33)20(28-23(29-21)31-8-10-35-13-15(31)2)16-6-7-18(17(26)12-16)27-24(34)36-11-9-32/h6-7,12,15,32H,5,8-11,13-14H2,1-4H3,(H,27,34). The molecule has 1 unspecified atom stereocenters. The van der Waals surface area contributed by atoms with Crippen LogP contribution in [0.25, 0.3) is 11.3 Å². The molecule has 1 aromatic heterocycles. The Balaban J connectivity index is 1.83. The number of nitrogens with one attached hydrogen (secondary N) is 1. The fraction of sp³-hybridized carbons (Fsp3) is 0.520. The second kappa shape index (κ2) is 10.9. The Bertz CT molecular complexity index is 1180. The molecule has 0 saturated carbocycles. The van der Waals surface area contributed by atoms with Gasteiger partial charge in [0.1, 0.15) is 23.6 Å². The molecule has 0 bridgehead atoms. The molecular formula is C25H32FN5O6. The fourth-order valence-corrected chi connectivity index (χ4v) is 4.34. The van der Waals surface area contributed by atoms with E-state index in [1.165, 1.54) is 12.1 Å². The van der Waals surface area contributed by atoms with Crippen LogP contribution in [0, 0.1) is 5.82 Å². The number of aliphatic hydroxyl groups excluding tert-OH is 1. The Morgan fingerprint density at radius 1 is 1.35 bits per heavy atom. The third kappa shape index (κ3) is 5.75. The zero-order chi connectivity index (χ0) is 26.7. The minimum Gasteiger partial charge on any atom is -0.469 e. The van der Waals surface area contributed by atoms with E-state index in [1.807, 2.05) is 32.6 Å². The van der Waals surface area contributed by atoms with Crippen molar-refractivity contribution >= 4 is 23.6 Å². The predicted molar refractivity (Wildman–Crippen MR) is 133 cm³/mol. The lowest BCUT2D eigenvalue weighted by molar-refractivity contribution is 0.0541. The molecule has 1 fully saturated rings. The van der Waals surface area contributed by atoms with Crippen LogP contribution < -0.4 is 15.0 Å². The van der Waals surface area contributed by atoms with Gasteiger partial charge >= 0.3 is 6.09 Å². The number of hydrogen-bond acceptors (Lipinski definition) is 9. The Morgan fingerprint density at radius 2 is 2.14 bits per heavy atom. The van der Waals surface area contributed by atoms with Crippen LogP contribution in [0.15, 0.2) is 18.2 Å². The first-order valence-electron chi connectivity index (χ1n) is 12.2. The first-order chi connectivity index (χ1) is 17.6. The van der Waals surface area contributed by atoms with Crippen molar-refractivity contribution in [1.29, 1.82) is 0 Å². The second-order valence-electron chi connectivity index (χ2n) is 9.53. The van der Waals surface area contributed by atoms with Crippen molar-refractivity contribution < 1.29 is 33.3 Å². The van der Waals surface area contributed by atoms with Crippen molar-refractivity contribution in [2.75, 3.05) is 56.3 Å². The van der Waals surface area contributed by atoms with E-state index in [9.17, 15) is 9.59 Å². The zero-order valence-corrected chi connectivity index (χ0v) is 21.4. The summed E-state index contributed by atoms with van der Waals surface area (Å²) in [6.45, 7) is 9.38. The number of rotatable bonds is 6. The molecule has 0 radical (unpaired) electrons. The minimum absolute atomic E-state index is 0.0190. The third-order valence-corrected chi connectivity index (χ3v) is 6.12. The number of amides is 2. The van der Waals surface area contributed by atoms with Crippen LogP contribution in [-0.4, -0.2) is 89.7 Å². The van der Waals surface area contributed by atoms with Gasteiger partial charge in [0.25, 0.3) is 5.91 Å². The summed E-state index contributed by atoms with van der Waals surface area (Å²) < 4.78 is 31.6. The van der Waals surface area contributed by atoms with Gasteiger partial charge in [-0.1, -0.05) is 6.07 Å². The van der Waals surface area contributed by atoms with Crippen molar-refractivity contribution in [2.45, 2.75) is 39.3 Å². The quantitative estimate of drug-likeness (QED) is 0.595. The average Bonchev–Trinajstić information content (AvgIpc) is 2.96. The molecule has 2 aromatic rings. The highest BCUT2D eigenvalue weighted by molar-refractivity contribution is 6.03. The van der Waals surface area contributed by atoms with E-state index in [1.54, 1.807) is 11.0 Å². The van der Waals surface area contributed by atoms with E-state index in [-0.39, 0.29) is 48.0 Å². The Morgan fingerprint density at radius 3 is 2.81 bits per heavy atom. The Kier molecular flexibility index (Phi) is 7.79. The van der Waals surface area contributed by atoms with E-state index in [4.69, 9.17) is 24.3 Å². The maximum Gasteiger partial charge on any atom is 0.411 e. The van der Waals surface area contributed by atoms with Crippen LogP contribution in [-0.2, 0) is 9.47 Å². The molecule has 3 heterocycles. The van der Waals surface area contributed by atoms with Crippen LogP contribution in [0.5, 0.6) is 5.88 Å². The summed E-state index contributed by atoms with van der Waals surface area (Å²) in [7, 11) is 0. The van der Waals surface area contributed by atoms with Crippen LogP contribution in [0.2, 0.25) is 0 Å². The molecule has 200 valence electrons. The van der Waals surface area contributed by atoms with Gasteiger partial charge in [-0.3, -0.25) is 10.1 Å². The molecule has 37 heavy (non-hydrogen) atoms. The number of nitrogens with zero attached hydrogens (tertiary/aromatic N) is 4. The highest BCUT2D eigenvalue weighted by atomic mass is 19.1. The lowest BCUT2D eigenvalue weighted by Gasteiger charge is -2.34. The second-order valence-corrected chi connectivity index (χ2v) is 9.53. The number of morpholine rings is 1. The predicted octanol–water partition coefficient (Wildman–Crippen LogP) is 2.68. The van der Waals surface area contributed by atoms with Crippen molar-refractivity contribution in [3.05, 3.63) is 29.6 Å². The number of hydrogen-bond donors (Lipinski definition) is 2. The zero-order valence-electron chi connectivity index (χ0n) is 21.4. The normalized spacial score (nSPS) is 19.1. The molecular weight excluding hydrogens is 485 g/mol. The third-order valence-electron chi connectivity index (χ3n) is 6.12. The molecule has 2 aliphatic rings. The van der Waals surface area contributed by atoms with Gasteiger partial charge in [0.05, 0.1) is 43.8 Å². The van der Waals surface area contributed by atoms with Crippen LogP contribution in [0.3, 0.4) is 0 Å². The number of carbonyl (C=O) groups excluding carboxylic acids is 2. The molecule has 12 heteroatoms. The lowest BCUT2D eigenvalue weighted by Crippen LogP contribution is -2.44. The molecule has 1 aromatic carbocycles. The summed E-state index contributed by atoms with van der Waals surface area (Å²) >= 11 is 0. The van der Waals surface area contributed by atoms with Crippen LogP contribution >= 0.6 is 0 Å². The van der Waals surface area contributed by atoms with Gasteiger partial charge in [-0.25, -0.2) is 14.2 Å². The van der Waals surface area contributed by atoms with Crippen LogP contribution in [0.4, 0.5) is 20.8 Å². The number of fused-ring (bicyclic) bond motifs is 1. The summed E-state index contributed by atoms with van der Waals surface area (Å²) in [5, 5.41) is 11.1. The topological polar surface area (TPSA) is 126 Å². The van der Waals surface area contributed by atoms with Gasteiger partial charge in [0.2, 0.25) is 11.8 Å². The maximum atomic E-state index is 15.1. The largest absolute Gasteiger partial charge is 0.469 e. The summed E-state index contributed by atoms with van der Waals surface area (Å²) in [5.74, 6) is -0.565. The number of likely N-dealkylation sites (N-methyl/N-ethyl adjacent to an activating group) is 1. The first-order valence-corrected chi connectivity index (χ1v) is 12.2. The molecule has 1 atom stereocenters. The fourth-order valence-electron chi connectivity index (χ4n) is 4.34. The Hall–Kier alpha value is -3.51. The molecule has 0 spiro atoms. The molecule has 2 aliphatic heterocycles. The van der Waals surface area contributed by atoms with Gasteiger partial charge in [-0.15, -0.1) is 0 Å². The van der Waals surface area contributed by atoms with E-state index in [2.05, 4.69) is 10.3 Å². The van der Waals surface area contributed by atoms with E-state index >= 15 is 4.39 Å². The maximum absolute atomic E-state index is 15.1. The molecule has 1 saturated heterocycles. The minimum atomic E-state index is -0.899. The molecule has 11 nitrogen and oxygen atoms in total. The van der Waals surface area contributed by atoms with Gasteiger partial charge in [-0.2, -0.15) is 4.98 Å². The van der Waals surface area contributed by atoms with Gasteiger partial charge in [0, 0.05) is 18.7 Å². The highest BCUT2D eigenvalue weighted by Gasteiger charge is 2.38. The van der Waals surface area contributed by atoms with Crippen molar-refractivity contribution in [3.8, 4) is 17.1 Å². The molecule has 4 rings (SSSR count). The average molecular weight is 518 g/mol. The number of carbonyl (C=O) groups is 2. The summed E-state index contributed by atoms with van der Waals surface area (Å²) in [4.78, 5) is 38.5. The Labute approximate surface area is 214 Å². The van der Waals surface area contributed by atoms with E-state index < -0.39 is 17.5 Å². The number of ether oxygens (including phenoxy) is 3. The van der Waals surface area contributed by atoms with Crippen molar-refractivity contribution in [1.82, 2.24) is 14.9 Å². The van der Waals surface area contributed by atoms with Crippen molar-refractivity contribution in [2.24, 2.45) is 0 Å². The number of halogens is 1. The van der Waals surface area contributed by atoms with Crippen molar-refractivity contribution in [3.63, 3.8) is 0 Å². The number of aliphatic hydroxyl groups is 1. The van der Waals surface area contributed by atoms with Crippen LogP contribution in [0.1, 0.15) is 38.1 Å². The number of aromatic nitrogens is 2. The first kappa shape index (κ1) is 26.6. The number of anilines is 2. The van der Waals surface area contributed by atoms with Gasteiger partial charge < -0.3 is 29.1 Å². The molecule has 2 N–H and O–H groups in total. The summed E-state index contributed by atoms with van der Waals surface area (Å²) in [6, 6.07) is 4.09. The monoisotopic (exact) mass is 517 g/mol. The SMILES string of the molecule is CCN1CC(C)(C)Oc2nc(N3CCOCC3C)nc(-c3ccc(NC(=O)OCCO)c(F)c3)c2C1=O. The van der Waals surface area contributed by atoms with Gasteiger partial charge in [0.15, 0.2) is 0 Å². The highest BCUT2D eigenvalue weighted by Crippen LogP contribution is 2.37. The smallest absolute Gasteiger partial charge is 0.411 e. The molecule has 0 aliphatic carbocycles. The van der Waals surface area contributed by atoms with Gasteiger partial charge in [-0.05, 0) is 39.8 Å².